The van der Waals surface area contributed by atoms with Gasteiger partial charge in [0.2, 0.25) is 0 Å². The molecule has 2 fully saturated rings. The molecule has 0 saturated heterocycles. The molecule has 0 bridgehead atoms. The summed E-state index contributed by atoms with van der Waals surface area (Å²) >= 11 is 0. The third-order valence-corrected chi connectivity index (χ3v) is 4.25. The Morgan fingerprint density at radius 2 is 1.80 bits per heavy atom. The molecule has 20 heavy (non-hydrogen) atoms. The van der Waals surface area contributed by atoms with Gasteiger partial charge in [0.25, 0.3) is 0 Å². The highest BCUT2D eigenvalue weighted by molar-refractivity contribution is 5.78. The predicted molar refractivity (Wildman–Crippen MR) is 75.6 cm³/mol. The number of carbonyl (C=O) groups excluding carboxylic acids is 1. The lowest BCUT2D eigenvalue weighted by molar-refractivity contribution is -0.148. The third-order valence-electron chi connectivity index (χ3n) is 4.25. The van der Waals surface area contributed by atoms with E-state index in [4.69, 9.17) is 0 Å². The third kappa shape index (κ3) is 4.37. The number of carboxylic acid groups (broad SMARTS) is 1. The Labute approximate surface area is 119 Å². The van der Waals surface area contributed by atoms with Crippen LogP contribution in [0.25, 0.3) is 0 Å². The van der Waals surface area contributed by atoms with Crippen molar-refractivity contribution >= 4 is 12.0 Å². The van der Waals surface area contributed by atoms with Gasteiger partial charge >= 0.3 is 12.0 Å². The minimum Gasteiger partial charge on any atom is -0.481 e. The van der Waals surface area contributed by atoms with Crippen LogP contribution in [0.5, 0.6) is 0 Å². The van der Waals surface area contributed by atoms with Crippen LogP contribution in [0.1, 0.15) is 44.9 Å². The van der Waals surface area contributed by atoms with Crippen molar-refractivity contribution in [3.05, 3.63) is 0 Å². The number of hydrogen-bond acceptors (Lipinski definition) is 3. The molecule has 0 atom stereocenters. The molecule has 0 aromatic rings. The molecule has 2 amide bonds. The van der Waals surface area contributed by atoms with Gasteiger partial charge in [-0.1, -0.05) is 12.8 Å². The standard InChI is InChI=1S/C14H25N3O3/c18-12(19)14(6-1-2-7-14)10-17-13(20)16-9-3-8-15-11-4-5-11/h11,15H,1-10H2,(H,18,19)(H2,16,17,20). The molecule has 4 N–H and O–H groups in total. The van der Waals surface area contributed by atoms with Crippen LogP contribution in [0.4, 0.5) is 4.79 Å². The van der Waals surface area contributed by atoms with E-state index in [1.165, 1.54) is 12.8 Å². The van der Waals surface area contributed by atoms with Crippen LogP contribution in [-0.4, -0.2) is 42.8 Å². The predicted octanol–water partition coefficient (Wildman–Crippen LogP) is 1.07. The summed E-state index contributed by atoms with van der Waals surface area (Å²) in [5, 5.41) is 18.2. The number of hydrogen-bond donors (Lipinski definition) is 4. The molecule has 0 heterocycles. The van der Waals surface area contributed by atoms with E-state index in [-0.39, 0.29) is 12.6 Å². The number of urea groups is 1. The summed E-state index contributed by atoms with van der Waals surface area (Å²) in [4.78, 5) is 23.0. The maximum atomic E-state index is 11.6. The Kier molecular flexibility index (Phi) is 5.23. The summed E-state index contributed by atoms with van der Waals surface area (Å²) < 4.78 is 0. The number of aliphatic carboxylic acids is 1. The first-order chi connectivity index (χ1) is 9.62. The Balaban J connectivity index is 1.57. The molecule has 0 spiro atoms. The van der Waals surface area contributed by atoms with Gasteiger partial charge in [-0.05, 0) is 38.6 Å². The van der Waals surface area contributed by atoms with E-state index in [9.17, 15) is 14.7 Å². The van der Waals surface area contributed by atoms with Crippen LogP contribution < -0.4 is 16.0 Å². The van der Waals surface area contributed by atoms with Crippen molar-refractivity contribution in [3.8, 4) is 0 Å². The molecule has 2 aliphatic carbocycles. The molecule has 0 radical (unpaired) electrons. The van der Waals surface area contributed by atoms with Crippen molar-refractivity contribution < 1.29 is 14.7 Å². The van der Waals surface area contributed by atoms with E-state index in [1.54, 1.807) is 0 Å². The summed E-state index contributed by atoms with van der Waals surface area (Å²) in [6.07, 6.45) is 6.62. The second-order valence-electron chi connectivity index (χ2n) is 5.98. The Hall–Kier alpha value is -1.30. The lowest BCUT2D eigenvalue weighted by atomic mass is 9.86. The summed E-state index contributed by atoms with van der Waals surface area (Å²) in [7, 11) is 0. The summed E-state index contributed by atoms with van der Waals surface area (Å²) in [6, 6.07) is 0.436. The van der Waals surface area contributed by atoms with Crippen molar-refractivity contribution in [2.45, 2.75) is 51.0 Å². The zero-order chi connectivity index (χ0) is 14.4. The first kappa shape index (κ1) is 15.1. The van der Waals surface area contributed by atoms with Gasteiger partial charge in [0.1, 0.15) is 0 Å². The van der Waals surface area contributed by atoms with Crippen molar-refractivity contribution in [2.24, 2.45) is 5.41 Å². The first-order valence-corrected chi connectivity index (χ1v) is 7.61. The van der Waals surface area contributed by atoms with E-state index in [0.29, 0.717) is 25.4 Å². The molecular weight excluding hydrogens is 258 g/mol. The minimum atomic E-state index is -0.788. The van der Waals surface area contributed by atoms with Gasteiger partial charge in [-0.2, -0.15) is 0 Å². The zero-order valence-electron chi connectivity index (χ0n) is 11.9. The van der Waals surface area contributed by atoms with E-state index in [0.717, 1.165) is 25.8 Å². The lowest BCUT2D eigenvalue weighted by Crippen LogP contribution is -2.45. The van der Waals surface area contributed by atoms with Gasteiger partial charge in [-0.15, -0.1) is 0 Å². The van der Waals surface area contributed by atoms with Crippen LogP contribution in [-0.2, 0) is 4.79 Å². The number of nitrogens with one attached hydrogen (secondary N) is 3. The van der Waals surface area contributed by atoms with Crippen molar-refractivity contribution in [1.29, 1.82) is 0 Å². The second-order valence-corrected chi connectivity index (χ2v) is 5.98. The average molecular weight is 283 g/mol. The second kappa shape index (κ2) is 6.92. The van der Waals surface area contributed by atoms with Crippen molar-refractivity contribution in [1.82, 2.24) is 16.0 Å². The molecule has 2 rings (SSSR count). The molecule has 0 aromatic carbocycles. The molecule has 0 aromatic heterocycles. The lowest BCUT2D eigenvalue weighted by Gasteiger charge is -2.24. The van der Waals surface area contributed by atoms with Gasteiger partial charge in [-0.3, -0.25) is 4.79 Å². The molecular formula is C14H25N3O3. The maximum absolute atomic E-state index is 11.6. The topological polar surface area (TPSA) is 90.5 Å². The fourth-order valence-electron chi connectivity index (χ4n) is 2.71. The highest BCUT2D eigenvalue weighted by Crippen LogP contribution is 2.37. The van der Waals surface area contributed by atoms with Gasteiger partial charge < -0.3 is 21.1 Å². The largest absolute Gasteiger partial charge is 0.481 e. The number of carbonyl (C=O) groups is 2. The van der Waals surface area contributed by atoms with Gasteiger partial charge in [0.05, 0.1) is 5.41 Å². The van der Waals surface area contributed by atoms with E-state index in [1.807, 2.05) is 0 Å². The summed E-state index contributed by atoms with van der Waals surface area (Å²) in [5.74, 6) is -0.788. The van der Waals surface area contributed by atoms with Crippen LogP contribution in [0.2, 0.25) is 0 Å². The molecule has 6 heteroatoms. The van der Waals surface area contributed by atoms with Crippen molar-refractivity contribution in [2.75, 3.05) is 19.6 Å². The van der Waals surface area contributed by atoms with Gasteiger partial charge in [-0.25, -0.2) is 4.79 Å². The monoisotopic (exact) mass is 283 g/mol. The maximum Gasteiger partial charge on any atom is 0.314 e. The quantitative estimate of drug-likeness (QED) is 0.502. The van der Waals surface area contributed by atoms with Crippen LogP contribution >= 0.6 is 0 Å². The molecule has 2 aliphatic rings. The molecule has 2 saturated carbocycles. The summed E-state index contributed by atoms with van der Waals surface area (Å²) in [5.41, 5.74) is -0.745. The smallest absolute Gasteiger partial charge is 0.314 e. The number of amides is 2. The Morgan fingerprint density at radius 1 is 1.10 bits per heavy atom. The first-order valence-electron chi connectivity index (χ1n) is 7.61. The molecule has 0 aliphatic heterocycles. The molecule has 6 nitrogen and oxygen atoms in total. The zero-order valence-corrected chi connectivity index (χ0v) is 11.9. The van der Waals surface area contributed by atoms with Crippen molar-refractivity contribution in [3.63, 3.8) is 0 Å². The highest BCUT2D eigenvalue weighted by atomic mass is 16.4. The normalized spacial score (nSPS) is 20.6. The van der Waals surface area contributed by atoms with E-state index < -0.39 is 11.4 Å². The van der Waals surface area contributed by atoms with Gasteiger partial charge in [0.15, 0.2) is 0 Å². The van der Waals surface area contributed by atoms with Crippen LogP contribution in [0, 0.1) is 5.41 Å². The van der Waals surface area contributed by atoms with E-state index >= 15 is 0 Å². The number of carboxylic acids is 1. The minimum absolute atomic E-state index is 0.231. The average Bonchev–Trinajstić information content (AvgIpc) is 3.11. The van der Waals surface area contributed by atoms with Crippen LogP contribution in [0.3, 0.4) is 0 Å². The fourth-order valence-corrected chi connectivity index (χ4v) is 2.71. The fraction of sp³-hybridized carbons (Fsp3) is 0.857. The Morgan fingerprint density at radius 3 is 2.40 bits per heavy atom. The van der Waals surface area contributed by atoms with Crippen LogP contribution in [0.15, 0.2) is 0 Å². The molecule has 0 unspecified atom stereocenters. The van der Waals surface area contributed by atoms with Gasteiger partial charge in [0, 0.05) is 19.1 Å². The molecule has 114 valence electrons. The summed E-state index contributed by atoms with van der Waals surface area (Å²) in [6.45, 7) is 1.77. The highest BCUT2D eigenvalue weighted by Gasteiger charge is 2.41. The SMILES string of the molecule is O=C(NCCCNC1CC1)NCC1(C(=O)O)CCCC1. The van der Waals surface area contributed by atoms with E-state index in [2.05, 4.69) is 16.0 Å². The number of rotatable bonds is 8. The Bertz CT molecular complexity index is 350.